The Bertz CT molecular complexity index is 1320. The predicted molar refractivity (Wildman–Crippen MR) is 122 cm³/mol. The largest absolute Gasteiger partial charge is 0.457 e. The van der Waals surface area contributed by atoms with E-state index in [9.17, 15) is 14.4 Å². The van der Waals surface area contributed by atoms with Crippen LogP contribution in [-0.2, 0) is 9.59 Å². The van der Waals surface area contributed by atoms with Gasteiger partial charge in [0, 0.05) is 24.5 Å². The van der Waals surface area contributed by atoms with E-state index >= 15 is 0 Å². The van der Waals surface area contributed by atoms with Crippen molar-refractivity contribution < 1.29 is 19.1 Å². The van der Waals surface area contributed by atoms with E-state index in [4.69, 9.17) is 4.74 Å². The zero-order valence-corrected chi connectivity index (χ0v) is 17.6. The van der Waals surface area contributed by atoms with Crippen LogP contribution in [0.5, 0.6) is 11.5 Å². The molecular weight excluding hydrogens is 426 g/mol. The van der Waals surface area contributed by atoms with Gasteiger partial charge in [-0.3, -0.25) is 24.6 Å². The molecule has 0 spiro atoms. The van der Waals surface area contributed by atoms with E-state index in [-0.39, 0.29) is 30.6 Å². The van der Waals surface area contributed by atoms with Gasteiger partial charge < -0.3 is 4.74 Å². The molecule has 0 radical (unpaired) electrons. The van der Waals surface area contributed by atoms with Gasteiger partial charge in [0.25, 0.3) is 5.91 Å². The summed E-state index contributed by atoms with van der Waals surface area (Å²) in [5.74, 6) is 0.655. The highest BCUT2D eigenvalue weighted by atomic mass is 32.1. The van der Waals surface area contributed by atoms with Gasteiger partial charge in [-0.2, -0.15) is 0 Å². The zero-order chi connectivity index (χ0) is 22.1. The number of carbonyl (C=O) groups is 3. The van der Waals surface area contributed by atoms with Gasteiger partial charge in [-0.15, -0.1) is 0 Å². The number of anilines is 2. The lowest BCUT2D eigenvalue weighted by molar-refractivity contribution is -0.121. The van der Waals surface area contributed by atoms with Gasteiger partial charge in [0.15, 0.2) is 5.13 Å². The highest BCUT2D eigenvalue weighted by molar-refractivity contribution is 7.22. The number of ether oxygens (including phenoxy) is 1. The molecular formula is C24H17N3O4S. The summed E-state index contributed by atoms with van der Waals surface area (Å²) >= 11 is 1.35. The molecule has 0 bridgehead atoms. The Morgan fingerprint density at radius 2 is 1.62 bits per heavy atom. The van der Waals surface area contributed by atoms with Crippen molar-refractivity contribution in [1.29, 1.82) is 0 Å². The van der Waals surface area contributed by atoms with Crippen molar-refractivity contribution in [1.82, 2.24) is 4.98 Å². The maximum atomic E-state index is 12.6. The van der Waals surface area contributed by atoms with Crippen LogP contribution in [0.15, 0.2) is 72.8 Å². The first-order valence-corrected chi connectivity index (χ1v) is 10.8. The Morgan fingerprint density at radius 3 is 2.34 bits per heavy atom. The number of rotatable bonds is 5. The van der Waals surface area contributed by atoms with Crippen molar-refractivity contribution in [3.8, 4) is 11.5 Å². The number of fused-ring (bicyclic) bond motifs is 1. The molecule has 4 aromatic rings. The lowest BCUT2D eigenvalue weighted by Crippen LogP contribution is -2.28. The first-order valence-electron chi connectivity index (χ1n) is 9.97. The fraction of sp³-hybridized carbons (Fsp3) is 0.0833. The van der Waals surface area contributed by atoms with Gasteiger partial charge >= 0.3 is 0 Å². The number of amides is 3. The van der Waals surface area contributed by atoms with Crippen molar-refractivity contribution in [2.75, 3.05) is 10.2 Å². The summed E-state index contributed by atoms with van der Waals surface area (Å²) in [6, 6.07) is 21.4. The maximum Gasteiger partial charge on any atom is 0.257 e. The normalized spacial score (nSPS) is 13.6. The van der Waals surface area contributed by atoms with E-state index in [2.05, 4.69) is 10.3 Å². The second-order valence-corrected chi connectivity index (χ2v) is 8.22. The molecule has 1 saturated heterocycles. The third kappa shape index (κ3) is 3.95. The minimum atomic E-state index is -0.324. The van der Waals surface area contributed by atoms with Crippen LogP contribution in [-0.4, -0.2) is 22.7 Å². The summed E-state index contributed by atoms with van der Waals surface area (Å²) in [6.07, 6.45) is 0.438. The van der Waals surface area contributed by atoms with Crippen LogP contribution in [0.1, 0.15) is 23.2 Å². The summed E-state index contributed by atoms with van der Waals surface area (Å²) < 4.78 is 6.74. The molecule has 0 saturated carbocycles. The van der Waals surface area contributed by atoms with Crippen molar-refractivity contribution in [2.24, 2.45) is 0 Å². The molecule has 32 heavy (non-hydrogen) atoms. The number of benzene rings is 3. The second kappa shape index (κ2) is 8.24. The summed E-state index contributed by atoms with van der Waals surface area (Å²) in [7, 11) is 0. The molecule has 3 aromatic carbocycles. The van der Waals surface area contributed by atoms with Crippen LogP contribution in [0, 0.1) is 0 Å². The van der Waals surface area contributed by atoms with Crippen molar-refractivity contribution >= 4 is 50.1 Å². The van der Waals surface area contributed by atoms with Crippen LogP contribution >= 0.6 is 11.3 Å². The third-order valence-electron chi connectivity index (χ3n) is 5.00. The van der Waals surface area contributed by atoms with Gasteiger partial charge in [0.1, 0.15) is 11.5 Å². The molecule has 158 valence electrons. The molecule has 1 aliphatic heterocycles. The SMILES string of the molecule is O=C(Nc1nc2ccc(Oc3ccccc3)cc2s1)c1ccc(N2C(=O)CCC2=O)cc1. The van der Waals surface area contributed by atoms with E-state index < -0.39 is 0 Å². The molecule has 2 heterocycles. The molecule has 3 amide bonds. The number of nitrogens with zero attached hydrogens (tertiary/aromatic N) is 2. The standard InChI is InChI=1S/C24H17N3O4S/c28-21-12-13-22(29)27(21)16-8-6-15(7-9-16)23(30)26-24-25-19-11-10-18(14-20(19)32-24)31-17-4-2-1-3-5-17/h1-11,14H,12-13H2,(H,25,26,30). The molecule has 1 N–H and O–H groups in total. The Morgan fingerprint density at radius 1 is 0.906 bits per heavy atom. The molecule has 0 unspecified atom stereocenters. The van der Waals surface area contributed by atoms with E-state index in [0.29, 0.717) is 22.1 Å². The van der Waals surface area contributed by atoms with Crippen molar-refractivity contribution in [2.45, 2.75) is 12.8 Å². The molecule has 0 atom stereocenters. The van der Waals surface area contributed by atoms with Crippen LogP contribution in [0.3, 0.4) is 0 Å². The van der Waals surface area contributed by atoms with E-state index in [1.807, 2.05) is 48.5 Å². The molecule has 7 nitrogen and oxygen atoms in total. The van der Waals surface area contributed by atoms with Crippen molar-refractivity contribution in [3.63, 3.8) is 0 Å². The lowest BCUT2D eigenvalue weighted by atomic mass is 10.2. The van der Waals surface area contributed by atoms with Gasteiger partial charge in [-0.25, -0.2) is 4.98 Å². The van der Waals surface area contributed by atoms with Gasteiger partial charge in [0.05, 0.1) is 15.9 Å². The number of para-hydroxylation sites is 1. The first-order chi connectivity index (χ1) is 15.6. The predicted octanol–water partition coefficient (Wildman–Crippen LogP) is 4.99. The molecule has 1 fully saturated rings. The average Bonchev–Trinajstić information content (AvgIpc) is 3.36. The van der Waals surface area contributed by atoms with Crippen LogP contribution in [0.4, 0.5) is 10.8 Å². The number of thiazole rings is 1. The zero-order valence-electron chi connectivity index (χ0n) is 16.8. The fourth-order valence-electron chi connectivity index (χ4n) is 3.44. The smallest absolute Gasteiger partial charge is 0.257 e. The summed E-state index contributed by atoms with van der Waals surface area (Å²) in [6.45, 7) is 0. The number of aromatic nitrogens is 1. The maximum absolute atomic E-state index is 12.6. The summed E-state index contributed by atoms with van der Waals surface area (Å²) in [5, 5.41) is 3.27. The number of carbonyl (C=O) groups excluding carboxylic acids is 3. The molecule has 0 aliphatic carbocycles. The molecule has 1 aromatic heterocycles. The molecule has 8 heteroatoms. The van der Waals surface area contributed by atoms with Crippen LogP contribution in [0.2, 0.25) is 0 Å². The van der Waals surface area contributed by atoms with Crippen LogP contribution < -0.4 is 15.0 Å². The molecule has 5 rings (SSSR count). The second-order valence-electron chi connectivity index (χ2n) is 7.19. The summed E-state index contributed by atoms with van der Waals surface area (Å²) in [5.41, 5.74) is 1.63. The fourth-order valence-corrected chi connectivity index (χ4v) is 4.33. The van der Waals surface area contributed by atoms with Crippen LogP contribution in [0.25, 0.3) is 10.2 Å². The highest BCUT2D eigenvalue weighted by Crippen LogP contribution is 2.31. The Labute approximate surface area is 187 Å². The van der Waals surface area contributed by atoms with Gasteiger partial charge in [-0.1, -0.05) is 29.5 Å². The van der Waals surface area contributed by atoms with Gasteiger partial charge in [0.2, 0.25) is 11.8 Å². The minimum absolute atomic E-state index is 0.219. The topological polar surface area (TPSA) is 88.6 Å². The van der Waals surface area contributed by atoms with Gasteiger partial charge in [-0.05, 0) is 48.5 Å². The van der Waals surface area contributed by atoms with E-state index in [0.717, 1.165) is 20.9 Å². The number of hydrogen-bond acceptors (Lipinski definition) is 6. The average molecular weight is 443 g/mol. The Balaban J connectivity index is 1.30. The monoisotopic (exact) mass is 443 g/mol. The van der Waals surface area contributed by atoms with E-state index in [1.165, 1.54) is 11.3 Å². The van der Waals surface area contributed by atoms with E-state index in [1.54, 1.807) is 24.3 Å². The Kier molecular flexibility index (Phi) is 5.12. The quantitative estimate of drug-likeness (QED) is 0.439. The minimum Gasteiger partial charge on any atom is -0.457 e. The number of imide groups is 1. The molecule has 1 aliphatic rings. The third-order valence-corrected chi connectivity index (χ3v) is 5.93. The van der Waals surface area contributed by atoms with Crippen molar-refractivity contribution in [3.05, 3.63) is 78.4 Å². The highest BCUT2D eigenvalue weighted by Gasteiger charge is 2.30. The summed E-state index contributed by atoms with van der Waals surface area (Å²) in [4.78, 5) is 42.0. The number of nitrogens with one attached hydrogen (secondary N) is 1. The lowest BCUT2D eigenvalue weighted by Gasteiger charge is -2.13. The number of hydrogen-bond donors (Lipinski definition) is 1. The first kappa shape index (κ1) is 19.9. The Hall–Kier alpha value is -4.04.